The number of rotatable bonds is 3. The molecule has 5 saturated carbocycles. The van der Waals surface area contributed by atoms with E-state index in [9.17, 15) is 5.11 Å². The maximum absolute atomic E-state index is 11.1. The van der Waals surface area contributed by atoms with Gasteiger partial charge in [0.25, 0.3) is 0 Å². The van der Waals surface area contributed by atoms with Gasteiger partial charge in [-0.3, -0.25) is 0 Å². The Kier molecular flexibility index (Phi) is 2.10. The van der Waals surface area contributed by atoms with Gasteiger partial charge in [-0.15, -0.1) is 0 Å². The summed E-state index contributed by atoms with van der Waals surface area (Å²) in [5.41, 5.74) is 0.153. The highest BCUT2D eigenvalue weighted by Crippen LogP contribution is 2.71. The predicted octanol–water partition coefficient (Wildman–Crippen LogP) is 3.75. The third-order valence-electron chi connectivity index (χ3n) is 6.67. The fourth-order valence-electron chi connectivity index (χ4n) is 6.30. The highest BCUT2D eigenvalue weighted by molar-refractivity contribution is 5.19. The summed E-state index contributed by atoms with van der Waals surface area (Å²) in [4.78, 5) is 0. The zero-order valence-electron chi connectivity index (χ0n) is 11.1. The van der Waals surface area contributed by atoms with Crippen LogP contribution in [0.3, 0.4) is 0 Å². The second kappa shape index (κ2) is 3.29. The van der Waals surface area contributed by atoms with E-state index in [1.165, 1.54) is 51.4 Å². The Morgan fingerprint density at radius 2 is 1.47 bits per heavy atom. The quantitative estimate of drug-likeness (QED) is 0.788. The molecule has 1 nitrogen and oxygen atoms in total. The summed E-state index contributed by atoms with van der Waals surface area (Å²) in [6.45, 7) is 2.26. The van der Waals surface area contributed by atoms with Gasteiger partial charge >= 0.3 is 0 Å². The minimum atomic E-state index is -0.223. The van der Waals surface area contributed by atoms with Crippen molar-refractivity contribution in [3.63, 3.8) is 0 Å². The molecule has 1 heteroatoms. The van der Waals surface area contributed by atoms with Crippen molar-refractivity contribution in [1.29, 1.82) is 0 Å². The van der Waals surface area contributed by atoms with Crippen molar-refractivity contribution in [2.45, 2.75) is 70.3 Å². The van der Waals surface area contributed by atoms with Crippen LogP contribution in [0.4, 0.5) is 0 Å². The summed E-state index contributed by atoms with van der Waals surface area (Å²) in [7, 11) is 0. The standard InChI is InChI=1S/C16H26O/c1-2-3-14-10-16(14,17)15-7-11-4-12(8-15)6-13(5-11)9-15/h11-14,17H,2-10H2,1H3. The topological polar surface area (TPSA) is 20.2 Å². The molecule has 0 aliphatic heterocycles. The van der Waals surface area contributed by atoms with E-state index < -0.39 is 0 Å². The van der Waals surface area contributed by atoms with Crippen LogP contribution in [-0.4, -0.2) is 10.7 Å². The van der Waals surface area contributed by atoms with E-state index in [-0.39, 0.29) is 5.60 Å². The molecule has 0 heterocycles. The van der Waals surface area contributed by atoms with Crippen molar-refractivity contribution in [3.05, 3.63) is 0 Å². The van der Waals surface area contributed by atoms with Gasteiger partial charge in [-0.25, -0.2) is 0 Å². The van der Waals surface area contributed by atoms with Crippen LogP contribution in [0.15, 0.2) is 0 Å². The van der Waals surface area contributed by atoms with Gasteiger partial charge in [0.15, 0.2) is 0 Å². The monoisotopic (exact) mass is 234 g/mol. The molecule has 5 fully saturated rings. The van der Waals surface area contributed by atoms with Gasteiger partial charge in [-0.05, 0) is 75.0 Å². The number of hydrogen-bond acceptors (Lipinski definition) is 1. The lowest BCUT2D eigenvalue weighted by atomic mass is 9.47. The van der Waals surface area contributed by atoms with E-state index in [0.29, 0.717) is 11.3 Å². The van der Waals surface area contributed by atoms with Crippen LogP contribution in [-0.2, 0) is 0 Å². The van der Waals surface area contributed by atoms with E-state index in [2.05, 4.69) is 6.92 Å². The number of aliphatic hydroxyl groups is 1. The molecule has 5 aliphatic rings. The zero-order valence-corrected chi connectivity index (χ0v) is 11.1. The van der Waals surface area contributed by atoms with Crippen molar-refractivity contribution >= 4 is 0 Å². The molecule has 1 N–H and O–H groups in total. The summed E-state index contributed by atoms with van der Waals surface area (Å²) in [5, 5.41) is 11.1. The lowest BCUT2D eigenvalue weighted by Crippen LogP contribution is -2.53. The maximum atomic E-state index is 11.1. The molecular formula is C16H26O. The first-order chi connectivity index (χ1) is 8.15. The Labute approximate surface area is 105 Å². The molecule has 4 bridgehead atoms. The fraction of sp³-hybridized carbons (Fsp3) is 1.00. The van der Waals surface area contributed by atoms with E-state index in [4.69, 9.17) is 0 Å². The van der Waals surface area contributed by atoms with Crippen LogP contribution in [0.2, 0.25) is 0 Å². The van der Waals surface area contributed by atoms with Gasteiger partial charge in [0.2, 0.25) is 0 Å². The maximum Gasteiger partial charge on any atom is 0.0736 e. The summed E-state index contributed by atoms with van der Waals surface area (Å²) in [5.74, 6) is 3.60. The van der Waals surface area contributed by atoms with Gasteiger partial charge in [0.1, 0.15) is 0 Å². The molecule has 0 radical (unpaired) electrons. The van der Waals surface area contributed by atoms with Crippen LogP contribution < -0.4 is 0 Å². The lowest BCUT2D eigenvalue weighted by Gasteiger charge is -2.59. The summed E-state index contributed by atoms with van der Waals surface area (Å²) in [6, 6.07) is 0. The van der Waals surface area contributed by atoms with Gasteiger partial charge in [-0.1, -0.05) is 13.3 Å². The van der Waals surface area contributed by atoms with Crippen LogP contribution >= 0.6 is 0 Å². The third-order valence-corrected chi connectivity index (χ3v) is 6.67. The van der Waals surface area contributed by atoms with Gasteiger partial charge in [0, 0.05) is 5.41 Å². The summed E-state index contributed by atoms with van der Waals surface area (Å²) < 4.78 is 0. The molecule has 0 saturated heterocycles. The Morgan fingerprint density at radius 1 is 0.941 bits per heavy atom. The van der Waals surface area contributed by atoms with E-state index in [0.717, 1.165) is 24.2 Å². The van der Waals surface area contributed by atoms with Crippen molar-refractivity contribution in [1.82, 2.24) is 0 Å². The minimum absolute atomic E-state index is 0.223. The molecule has 0 aromatic carbocycles. The van der Waals surface area contributed by atoms with Crippen LogP contribution in [0.25, 0.3) is 0 Å². The first kappa shape index (κ1) is 10.8. The van der Waals surface area contributed by atoms with Gasteiger partial charge < -0.3 is 5.11 Å². The first-order valence-electron chi connectivity index (χ1n) is 7.87. The van der Waals surface area contributed by atoms with Crippen molar-refractivity contribution in [2.75, 3.05) is 0 Å². The minimum Gasteiger partial charge on any atom is -0.389 e. The van der Waals surface area contributed by atoms with Crippen LogP contribution in [0.1, 0.15) is 64.7 Å². The second-order valence-electron chi connectivity index (χ2n) is 7.81. The Morgan fingerprint density at radius 3 is 1.94 bits per heavy atom. The van der Waals surface area contributed by atoms with Crippen molar-refractivity contribution < 1.29 is 5.11 Å². The molecular weight excluding hydrogens is 208 g/mol. The van der Waals surface area contributed by atoms with Gasteiger partial charge in [0.05, 0.1) is 5.60 Å². The van der Waals surface area contributed by atoms with Crippen molar-refractivity contribution in [2.24, 2.45) is 29.1 Å². The molecule has 17 heavy (non-hydrogen) atoms. The largest absolute Gasteiger partial charge is 0.389 e. The molecule has 0 spiro atoms. The number of hydrogen-bond donors (Lipinski definition) is 1. The molecule has 0 aromatic heterocycles. The predicted molar refractivity (Wildman–Crippen MR) is 68.6 cm³/mol. The molecule has 5 aliphatic carbocycles. The molecule has 5 rings (SSSR count). The molecule has 2 unspecified atom stereocenters. The molecule has 96 valence electrons. The summed E-state index contributed by atoms with van der Waals surface area (Å²) >= 11 is 0. The normalized spacial score (nSPS) is 59.6. The lowest BCUT2D eigenvalue weighted by molar-refractivity contribution is -0.139. The molecule has 0 amide bonds. The zero-order chi connectivity index (χ0) is 11.7. The SMILES string of the molecule is CCCC1CC1(O)C12CC3CC(CC(C3)C1)C2. The average molecular weight is 234 g/mol. The average Bonchev–Trinajstić information content (AvgIpc) is 2.90. The Bertz CT molecular complexity index is 299. The van der Waals surface area contributed by atoms with E-state index >= 15 is 0 Å². The highest BCUT2D eigenvalue weighted by atomic mass is 16.3. The smallest absolute Gasteiger partial charge is 0.0736 e. The third kappa shape index (κ3) is 1.35. The Hall–Kier alpha value is -0.0400. The summed E-state index contributed by atoms with van der Waals surface area (Å²) in [6.07, 6.45) is 12.2. The van der Waals surface area contributed by atoms with E-state index in [1.54, 1.807) is 0 Å². The van der Waals surface area contributed by atoms with E-state index in [1.807, 2.05) is 0 Å². The first-order valence-corrected chi connectivity index (χ1v) is 7.87. The second-order valence-corrected chi connectivity index (χ2v) is 7.81. The highest BCUT2D eigenvalue weighted by Gasteiger charge is 2.68. The molecule has 2 atom stereocenters. The van der Waals surface area contributed by atoms with Crippen LogP contribution in [0.5, 0.6) is 0 Å². The fourth-order valence-corrected chi connectivity index (χ4v) is 6.30. The van der Waals surface area contributed by atoms with Crippen molar-refractivity contribution in [3.8, 4) is 0 Å². The molecule has 0 aromatic rings. The van der Waals surface area contributed by atoms with Crippen LogP contribution in [0, 0.1) is 29.1 Å². The Balaban J connectivity index is 1.61. The van der Waals surface area contributed by atoms with Gasteiger partial charge in [-0.2, -0.15) is 0 Å².